The van der Waals surface area contributed by atoms with Gasteiger partial charge in [-0.15, -0.1) is 0 Å². The van der Waals surface area contributed by atoms with Crippen LogP contribution in [0, 0.1) is 0 Å². The fourth-order valence-corrected chi connectivity index (χ4v) is 2.73. The molecule has 3 amide bonds. The highest BCUT2D eigenvalue weighted by Gasteiger charge is 2.18. The smallest absolute Gasteiger partial charge is 0.317 e. The van der Waals surface area contributed by atoms with Crippen molar-refractivity contribution in [3.05, 3.63) is 71.8 Å². The van der Waals surface area contributed by atoms with E-state index in [-0.39, 0.29) is 31.3 Å². The van der Waals surface area contributed by atoms with Crippen LogP contribution in [0.5, 0.6) is 0 Å². The minimum atomic E-state index is -0.995. The van der Waals surface area contributed by atoms with E-state index in [1.54, 1.807) is 31.3 Å². The highest BCUT2D eigenvalue weighted by molar-refractivity contribution is 5.79. The molecule has 3 N–H and O–H groups in total. The van der Waals surface area contributed by atoms with Crippen LogP contribution in [-0.2, 0) is 16.1 Å². The number of carboxylic acid groups (broad SMARTS) is 1. The summed E-state index contributed by atoms with van der Waals surface area (Å²) in [6.07, 6.45) is -0.143. The van der Waals surface area contributed by atoms with E-state index in [0.717, 1.165) is 11.1 Å². The Kier molecular flexibility index (Phi) is 8.02. The summed E-state index contributed by atoms with van der Waals surface area (Å²) < 4.78 is 0. The third-order valence-electron chi connectivity index (χ3n) is 4.15. The maximum Gasteiger partial charge on any atom is 0.317 e. The molecule has 0 radical (unpaired) electrons. The van der Waals surface area contributed by atoms with Gasteiger partial charge in [-0.1, -0.05) is 60.7 Å². The first kappa shape index (κ1) is 21.0. The van der Waals surface area contributed by atoms with Crippen molar-refractivity contribution in [3.63, 3.8) is 0 Å². The van der Waals surface area contributed by atoms with Crippen LogP contribution in [-0.4, -0.2) is 41.5 Å². The van der Waals surface area contributed by atoms with E-state index in [4.69, 9.17) is 5.11 Å². The Hall–Kier alpha value is -3.35. The van der Waals surface area contributed by atoms with Gasteiger partial charge in [-0.25, -0.2) is 4.79 Å². The highest BCUT2D eigenvalue weighted by atomic mass is 16.4. The van der Waals surface area contributed by atoms with E-state index in [2.05, 4.69) is 10.6 Å². The molecule has 0 spiro atoms. The molecule has 2 aromatic carbocycles. The standard InChI is InChI=1S/C21H25N3O4/c1-24(15-16-8-4-2-5-9-16)21(28)22-13-12-19(25)23-18(14-20(26)27)17-10-6-3-7-11-17/h2-11,18H,12-15H2,1H3,(H,22,28)(H,23,25)(H,26,27). The number of hydrogen-bond donors (Lipinski definition) is 3. The average Bonchev–Trinajstić information content (AvgIpc) is 2.68. The summed E-state index contributed by atoms with van der Waals surface area (Å²) in [7, 11) is 1.68. The van der Waals surface area contributed by atoms with Crippen LogP contribution in [0.4, 0.5) is 4.79 Å². The number of carbonyl (C=O) groups excluding carboxylic acids is 2. The lowest BCUT2D eigenvalue weighted by atomic mass is 10.0. The predicted octanol–water partition coefficient (Wildman–Crippen LogP) is 2.55. The molecule has 0 saturated carbocycles. The molecule has 0 aromatic heterocycles. The zero-order valence-electron chi connectivity index (χ0n) is 15.8. The predicted molar refractivity (Wildman–Crippen MR) is 106 cm³/mol. The van der Waals surface area contributed by atoms with Crippen molar-refractivity contribution < 1.29 is 19.5 Å². The van der Waals surface area contributed by atoms with Crippen molar-refractivity contribution in [3.8, 4) is 0 Å². The molecule has 0 aliphatic rings. The average molecular weight is 383 g/mol. The third kappa shape index (κ3) is 7.11. The Labute approximate surface area is 164 Å². The van der Waals surface area contributed by atoms with Crippen LogP contribution in [0.15, 0.2) is 60.7 Å². The second-order valence-electron chi connectivity index (χ2n) is 6.45. The second kappa shape index (κ2) is 10.7. The number of carbonyl (C=O) groups is 3. The minimum absolute atomic E-state index is 0.0634. The molecule has 2 rings (SSSR count). The summed E-state index contributed by atoms with van der Waals surface area (Å²) >= 11 is 0. The van der Waals surface area contributed by atoms with Crippen LogP contribution >= 0.6 is 0 Å². The lowest BCUT2D eigenvalue weighted by Crippen LogP contribution is -2.39. The Morgan fingerprint density at radius 3 is 2.21 bits per heavy atom. The monoisotopic (exact) mass is 383 g/mol. The van der Waals surface area contributed by atoms with Crippen LogP contribution in [0.2, 0.25) is 0 Å². The molecule has 0 heterocycles. The first-order valence-corrected chi connectivity index (χ1v) is 9.04. The molecule has 0 aliphatic heterocycles. The lowest BCUT2D eigenvalue weighted by Gasteiger charge is -2.19. The third-order valence-corrected chi connectivity index (χ3v) is 4.15. The Balaban J connectivity index is 1.78. The second-order valence-corrected chi connectivity index (χ2v) is 6.45. The number of aliphatic carboxylic acids is 1. The van der Waals surface area contributed by atoms with Crippen LogP contribution in [0.25, 0.3) is 0 Å². The fraction of sp³-hybridized carbons (Fsp3) is 0.286. The molecule has 0 fully saturated rings. The number of nitrogens with one attached hydrogen (secondary N) is 2. The zero-order chi connectivity index (χ0) is 20.4. The Morgan fingerprint density at radius 2 is 1.61 bits per heavy atom. The van der Waals surface area contributed by atoms with Gasteiger partial charge in [0.05, 0.1) is 12.5 Å². The molecule has 1 unspecified atom stereocenters. The van der Waals surface area contributed by atoms with Crippen molar-refractivity contribution in [1.82, 2.24) is 15.5 Å². The summed E-state index contributed by atoms with van der Waals surface area (Å²) in [4.78, 5) is 36.9. The molecule has 7 nitrogen and oxygen atoms in total. The maximum absolute atomic E-state index is 12.2. The summed E-state index contributed by atoms with van der Waals surface area (Å²) in [5.41, 5.74) is 1.74. The largest absolute Gasteiger partial charge is 0.481 e. The summed E-state index contributed by atoms with van der Waals surface area (Å²) in [5.74, 6) is -1.31. The maximum atomic E-state index is 12.2. The molecule has 0 aliphatic carbocycles. The number of rotatable bonds is 9. The molecule has 2 aromatic rings. The SMILES string of the molecule is CN(Cc1ccccc1)C(=O)NCCC(=O)NC(CC(=O)O)c1ccccc1. The highest BCUT2D eigenvalue weighted by Crippen LogP contribution is 2.16. The van der Waals surface area contributed by atoms with E-state index in [9.17, 15) is 14.4 Å². The summed E-state index contributed by atoms with van der Waals surface area (Å²) in [6.45, 7) is 0.631. The van der Waals surface area contributed by atoms with Crippen LogP contribution < -0.4 is 10.6 Å². The van der Waals surface area contributed by atoms with Gasteiger partial charge >= 0.3 is 12.0 Å². The number of nitrogens with zero attached hydrogens (tertiary/aromatic N) is 1. The summed E-state index contributed by atoms with van der Waals surface area (Å²) in [5, 5.41) is 14.5. The normalized spacial score (nSPS) is 11.3. The van der Waals surface area contributed by atoms with Gasteiger partial charge in [-0.2, -0.15) is 0 Å². The number of urea groups is 1. The zero-order valence-corrected chi connectivity index (χ0v) is 15.8. The van der Waals surface area contributed by atoms with Gasteiger partial charge < -0.3 is 20.6 Å². The topological polar surface area (TPSA) is 98.7 Å². The summed E-state index contributed by atoms with van der Waals surface area (Å²) in [6, 6.07) is 17.7. The van der Waals surface area contributed by atoms with E-state index >= 15 is 0 Å². The number of amides is 3. The lowest BCUT2D eigenvalue weighted by molar-refractivity contribution is -0.137. The van der Waals surface area contributed by atoms with Crippen LogP contribution in [0.1, 0.15) is 30.0 Å². The molecule has 148 valence electrons. The molecular weight excluding hydrogens is 358 g/mol. The number of benzene rings is 2. The number of hydrogen-bond acceptors (Lipinski definition) is 3. The molecule has 0 saturated heterocycles. The van der Waals surface area contributed by atoms with E-state index in [1.165, 1.54) is 4.90 Å². The van der Waals surface area contributed by atoms with Gasteiger partial charge in [0.25, 0.3) is 0 Å². The van der Waals surface area contributed by atoms with Gasteiger partial charge in [0.1, 0.15) is 0 Å². The van der Waals surface area contributed by atoms with E-state index < -0.39 is 12.0 Å². The van der Waals surface area contributed by atoms with Gasteiger partial charge in [-0.05, 0) is 11.1 Å². The Morgan fingerprint density at radius 1 is 1.00 bits per heavy atom. The van der Waals surface area contributed by atoms with Gasteiger partial charge in [0.2, 0.25) is 5.91 Å². The first-order chi connectivity index (χ1) is 13.5. The van der Waals surface area contributed by atoms with Gasteiger partial charge in [-0.3, -0.25) is 9.59 Å². The Bertz CT molecular complexity index is 781. The van der Waals surface area contributed by atoms with Crippen molar-refractivity contribution in [2.24, 2.45) is 0 Å². The molecular formula is C21H25N3O4. The molecule has 28 heavy (non-hydrogen) atoms. The van der Waals surface area contributed by atoms with E-state index in [0.29, 0.717) is 6.54 Å². The van der Waals surface area contributed by atoms with E-state index in [1.807, 2.05) is 36.4 Å². The van der Waals surface area contributed by atoms with Crippen molar-refractivity contribution in [1.29, 1.82) is 0 Å². The minimum Gasteiger partial charge on any atom is -0.481 e. The fourth-order valence-electron chi connectivity index (χ4n) is 2.73. The molecule has 7 heteroatoms. The quantitative estimate of drug-likeness (QED) is 0.620. The van der Waals surface area contributed by atoms with Crippen molar-refractivity contribution >= 4 is 17.9 Å². The van der Waals surface area contributed by atoms with Crippen molar-refractivity contribution in [2.75, 3.05) is 13.6 Å². The number of carboxylic acids is 1. The van der Waals surface area contributed by atoms with Gasteiger partial charge in [0.15, 0.2) is 0 Å². The van der Waals surface area contributed by atoms with Crippen molar-refractivity contribution in [2.45, 2.75) is 25.4 Å². The molecule has 0 bridgehead atoms. The van der Waals surface area contributed by atoms with Crippen LogP contribution in [0.3, 0.4) is 0 Å². The first-order valence-electron chi connectivity index (χ1n) is 9.04. The van der Waals surface area contributed by atoms with Gasteiger partial charge in [0, 0.05) is 26.6 Å². The molecule has 1 atom stereocenters.